The fraction of sp³-hybridized carbons (Fsp3) is 0.182. The Labute approximate surface area is 99.0 Å². The van der Waals surface area contributed by atoms with Gasteiger partial charge in [0.2, 0.25) is 0 Å². The van der Waals surface area contributed by atoms with Gasteiger partial charge in [0.25, 0.3) is 10.1 Å². The maximum absolute atomic E-state index is 11.6. The van der Waals surface area contributed by atoms with Crippen LogP contribution in [-0.2, 0) is 14.9 Å². The lowest BCUT2D eigenvalue weighted by Gasteiger charge is -2.27. The molecule has 1 aromatic heterocycles. The summed E-state index contributed by atoms with van der Waals surface area (Å²) < 4.78 is 31.5. The van der Waals surface area contributed by atoms with Gasteiger partial charge in [-0.25, -0.2) is 0 Å². The lowest BCUT2D eigenvalue weighted by molar-refractivity contribution is -0.606. The molecule has 5 nitrogen and oxygen atoms in total. The summed E-state index contributed by atoms with van der Waals surface area (Å²) in [5.41, 5.74) is 0.248. The summed E-state index contributed by atoms with van der Waals surface area (Å²) in [6.07, 6.45) is 8.76. The normalized spacial score (nSPS) is 23.8. The average molecular weight is 253 g/mol. The van der Waals surface area contributed by atoms with Crippen molar-refractivity contribution in [3.05, 3.63) is 59.6 Å². The number of hydrogen-bond donors (Lipinski definition) is 1. The van der Waals surface area contributed by atoms with Gasteiger partial charge in [0.15, 0.2) is 12.4 Å². The molecule has 6 heteroatoms. The molecule has 1 aliphatic rings. The molecule has 0 spiro atoms. The minimum absolute atomic E-state index is 0.104. The molecule has 0 amide bonds. The summed E-state index contributed by atoms with van der Waals surface area (Å²) >= 11 is 0. The predicted molar refractivity (Wildman–Crippen MR) is 61.5 cm³/mol. The smallest absolute Gasteiger partial charge is 0.279 e. The highest BCUT2D eigenvalue weighted by molar-refractivity contribution is 7.87. The summed E-state index contributed by atoms with van der Waals surface area (Å²) in [5.74, 6) is 0. The Bertz CT molecular complexity index is 591. The van der Waals surface area contributed by atoms with Crippen LogP contribution in [0, 0.1) is 5.21 Å². The average Bonchev–Trinajstić information content (AvgIpc) is 2.28. The second-order valence-electron chi connectivity index (χ2n) is 3.81. The molecule has 1 N–H and O–H groups in total. The van der Waals surface area contributed by atoms with Gasteiger partial charge >= 0.3 is 0 Å². The molecular weight excluding hydrogens is 242 g/mol. The van der Waals surface area contributed by atoms with E-state index in [1.54, 1.807) is 18.2 Å². The molecule has 0 saturated carbocycles. The van der Waals surface area contributed by atoms with Gasteiger partial charge in [0.1, 0.15) is 4.75 Å². The van der Waals surface area contributed by atoms with E-state index in [4.69, 9.17) is 0 Å². The molecule has 0 saturated heterocycles. The number of aromatic nitrogens is 1. The van der Waals surface area contributed by atoms with Gasteiger partial charge in [-0.05, 0) is 12.5 Å². The Hall–Kier alpha value is -1.66. The Morgan fingerprint density at radius 3 is 2.71 bits per heavy atom. The van der Waals surface area contributed by atoms with Crippen LogP contribution >= 0.6 is 0 Å². The highest BCUT2D eigenvalue weighted by atomic mass is 32.2. The maximum atomic E-state index is 11.6. The van der Waals surface area contributed by atoms with Crippen LogP contribution in [-0.4, -0.2) is 13.0 Å². The van der Waals surface area contributed by atoms with Gasteiger partial charge < -0.3 is 5.21 Å². The molecule has 17 heavy (non-hydrogen) atoms. The van der Waals surface area contributed by atoms with E-state index >= 15 is 0 Å². The summed E-state index contributed by atoms with van der Waals surface area (Å²) in [7, 11) is -4.35. The molecule has 0 bridgehead atoms. The molecule has 0 fully saturated rings. The summed E-state index contributed by atoms with van der Waals surface area (Å²) in [5, 5.41) is 11.2. The lowest BCUT2D eigenvalue weighted by atomic mass is 9.93. The highest BCUT2D eigenvalue weighted by Crippen LogP contribution is 2.36. The highest BCUT2D eigenvalue weighted by Gasteiger charge is 2.43. The fourth-order valence-corrected chi connectivity index (χ4v) is 2.84. The Kier molecular flexibility index (Phi) is 2.76. The first-order chi connectivity index (χ1) is 7.96. The number of nitrogens with zero attached hydrogens (tertiary/aromatic N) is 1. The van der Waals surface area contributed by atoms with Crippen molar-refractivity contribution in [1.29, 1.82) is 0 Å². The van der Waals surface area contributed by atoms with Crippen LogP contribution in [0.5, 0.6) is 0 Å². The van der Waals surface area contributed by atoms with Crippen molar-refractivity contribution in [3.63, 3.8) is 0 Å². The Balaban J connectivity index is 2.64. The van der Waals surface area contributed by atoms with Crippen LogP contribution in [0.4, 0.5) is 0 Å². The Morgan fingerprint density at radius 2 is 2.18 bits per heavy atom. The van der Waals surface area contributed by atoms with E-state index in [1.807, 2.05) is 0 Å². The SMILES string of the molecule is O=S(=O)(O)C1(c2ccc[n+]([O-])c2)C=CC=CC1. The predicted octanol–water partition coefficient (Wildman–Crippen LogP) is 0.919. The van der Waals surface area contributed by atoms with Crippen molar-refractivity contribution in [2.24, 2.45) is 0 Å². The van der Waals surface area contributed by atoms with Crippen molar-refractivity contribution < 1.29 is 17.7 Å². The number of pyridine rings is 1. The van der Waals surface area contributed by atoms with E-state index < -0.39 is 14.9 Å². The molecule has 0 radical (unpaired) electrons. The van der Waals surface area contributed by atoms with Gasteiger partial charge in [-0.15, -0.1) is 0 Å². The van der Waals surface area contributed by atoms with Gasteiger partial charge in [0.05, 0.1) is 0 Å². The number of rotatable bonds is 2. The monoisotopic (exact) mass is 253 g/mol. The zero-order chi connectivity index (χ0) is 12.5. The topological polar surface area (TPSA) is 81.3 Å². The van der Waals surface area contributed by atoms with Crippen molar-refractivity contribution in [2.45, 2.75) is 11.2 Å². The third-order valence-corrected chi connectivity index (χ3v) is 4.22. The van der Waals surface area contributed by atoms with Crippen LogP contribution in [0.25, 0.3) is 0 Å². The maximum Gasteiger partial charge on any atom is 0.279 e. The zero-order valence-electron chi connectivity index (χ0n) is 8.85. The standard InChI is InChI=1S/C11H11NO4S/c13-12-8-4-5-10(9-12)11(17(14,15)16)6-2-1-3-7-11/h1-6,8-9H,7H2,(H,14,15,16). The molecular formula is C11H11NO4S. The molecule has 0 aromatic carbocycles. The van der Waals surface area contributed by atoms with E-state index in [2.05, 4.69) is 0 Å². The molecule has 1 unspecified atom stereocenters. The number of hydrogen-bond acceptors (Lipinski definition) is 3. The van der Waals surface area contributed by atoms with Gasteiger partial charge in [-0.3, -0.25) is 4.55 Å². The van der Waals surface area contributed by atoms with Crippen molar-refractivity contribution in [1.82, 2.24) is 0 Å². The van der Waals surface area contributed by atoms with Crippen LogP contribution < -0.4 is 4.73 Å². The van der Waals surface area contributed by atoms with E-state index in [-0.39, 0.29) is 12.0 Å². The van der Waals surface area contributed by atoms with Crippen LogP contribution in [0.3, 0.4) is 0 Å². The first kappa shape index (κ1) is 11.8. The van der Waals surface area contributed by atoms with Crippen molar-refractivity contribution in [2.75, 3.05) is 0 Å². The third-order valence-electron chi connectivity index (χ3n) is 2.76. The lowest BCUT2D eigenvalue weighted by Crippen LogP contribution is -2.37. The number of allylic oxidation sites excluding steroid dienone is 3. The van der Waals surface area contributed by atoms with Gasteiger partial charge in [-0.2, -0.15) is 13.1 Å². The largest absolute Gasteiger partial charge is 0.619 e. The molecule has 2 rings (SSSR count). The van der Waals surface area contributed by atoms with E-state index in [1.165, 1.54) is 24.4 Å². The first-order valence-electron chi connectivity index (χ1n) is 4.96. The molecule has 90 valence electrons. The van der Waals surface area contributed by atoms with Crippen molar-refractivity contribution >= 4 is 10.1 Å². The molecule has 1 heterocycles. The minimum Gasteiger partial charge on any atom is -0.619 e. The summed E-state index contributed by atoms with van der Waals surface area (Å²) in [4.78, 5) is 0. The molecule has 1 aliphatic carbocycles. The molecule has 1 aromatic rings. The third kappa shape index (κ3) is 1.96. The van der Waals surface area contributed by atoms with Gasteiger partial charge in [0, 0.05) is 11.6 Å². The quantitative estimate of drug-likeness (QED) is 0.482. The van der Waals surface area contributed by atoms with Crippen molar-refractivity contribution in [3.8, 4) is 0 Å². The second-order valence-corrected chi connectivity index (χ2v) is 5.49. The van der Waals surface area contributed by atoms with E-state index in [0.717, 1.165) is 6.20 Å². The first-order valence-corrected chi connectivity index (χ1v) is 6.40. The van der Waals surface area contributed by atoms with Crippen LogP contribution in [0.2, 0.25) is 0 Å². The summed E-state index contributed by atoms with van der Waals surface area (Å²) in [6, 6.07) is 2.95. The zero-order valence-corrected chi connectivity index (χ0v) is 9.67. The van der Waals surface area contributed by atoms with E-state index in [9.17, 15) is 18.2 Å². The Morgan fingerprint density at radius 1 is 1.41 bits per heavy atom. The fourth-order valence-electron chi connectivity index (χ4n) is 1.86. The second kappa shape index (κ2) is 3.97. The molecule has 1 atom stereocenters. The van der Waals surface area contributed by atoms with Crippen LogP contribution in [0.15, 0.2) is 48.8 Å². The minimum atomic E-state index is -4.35. The van der Waals surface area contributed by atoms with E-state index in [0.29, 0.717) is 4.73 Å². The summed E-state index contributed by atoms with van der Waals surface area (Å²) in [6.45, 7) is 0. The van der Waals surface area contributed by atoms with Gasteiger partial charge in [-0.1, -0.05) is 24.3 Å². The van der Waals surface area contributed by atoms with Crippen LogP contribution in [0.1, 0.15) is 12.0 Å². The molecule has 0 aliphatic heterocycles.